The highest BCUT2D eigenvalue weighted by Gasteiger charge is 2.10. The molecule has 0 bridgehead atoms. The quantitative estimate of drug-likeness (QED) is 0.812. The molecule has 6 heteroatoms. The smallest absolute Gasteiger partial charge is 0.268 e. The second kappa shape index (κ2) is 5.88. The Balaban J connectivity index is 2.50. The fourth-order valence-corrected chi connectivity index (χ4v) is 2.50. The molecule has 4 nitrogen and oxygen atoms in total. The third-order valence-electron chi connectivity index (χ3n) is 2.78. The van der Waals surface area contributed by atoms with E-state index in [0.29, 0.717) is 16.8 Å². The normalized spacial score (nSPS) is 10.5. The van der Waals surface area contributed by atoms with E-state index in [1.807, 2.05) is 18.2 Å². The molecule has 1 heterocycles. The number of methoxy groups -OCH3 is 1. The number of hydrogen-bond acceptors (Lipinski definition) is 3. The average Bonchev–Trinajstić information content (AvgIpc) is 2.39. The van der Waals surface area contributed by atoms with E-state index in [-0.39, 0.29) is 5.56 Å². The number of aromatic nitrogens is 2. The number of halogens is 2. The molecule has 0 spiro atoms. The molecule has 0 saturated carbocycles. The van der Waals surface area contributed by atoms with Crippen molar-refractivity contribution in [1.29, 1.82) is 0 Å². The van der Waals surface area contributed by atoms with Crippen LogP contribution in [0.4, 0.5) is 0 Å². The lowest BCUT2D eigenvalue weighted by Crippen LogP contribution is -2.24. The summed E-state index contributed by atoms with van der Waals surface area (Å²) in [5.74, 6) is 1.41. The number of hydrogen-bond donors (Lipinski definition) is 0. The Bertz CT molecular complexity index is 668. The molecule has 0 aliphatic carbocycles. The maximum absolute atomic E-state index is 12.1. The minimum absolute atomic E-state index is 0.102. The monoisotopic (exact) mass is 386 g/mol. The summed E-state index contributed by atoms with van der Waals surface area (Å²) in [4.78, 5) is 16.3. The predicted octanol–water partition coefficient (Wildman–Crippen LogP) is 3.13. The third-order valence-corrected chi connectivity index (χ3v) is 3.81. The molecule has 2 aromatic rings. The van der Waals surface area contributed by atoms with Gasteiger partial charge in [-0.3, -0.25) is 9.36 Å². The van der Waals surface area contributed by atoms with Crippen molar-refractivity contribution in [3.05, 3.63) is 55.1 Å². The minimum atomic E-state index is -0.102. The number of rotatable bonds is 3. The molecule has 1 aromatic carbocycles. The van der Waals surface area contributed by atoms with Gasteiger partial charge in [-0.15, -0.1) is 0 Å². The van der Waals surface area contributed by atoms with Crippen molar-refractivity contribution in [3.8, 4) is 5.75 Å². The van der Waals surface area contributed by atoms with Gasteiger partial charge >= 0.3 is 0 Å². The molecule has 2 rings (SSSR count). The molecule has 0 atom stereocenters. The highest BCUT2D eigenvalue weighted by atomic mass is 79.9. The van der Waals surface area contributed by atoms with Gasteiger partial charge in [0.25, 0.3) is 5.56 Å². The van der Waals surface area contributed by atoms with Crippen LogP contribution < -0.4 is 10.3 Å². The van der Waals surface area contributed by atoms with Crippen LogP contribution in [0.25, 0.3) is 0 Å². The Morgan fingerprint density at radius 1 is 1.37 bits per heavy atom. The lowest BCUT2D eigenvalue weighted by molar-refractivity contribution is 0.407. The maximum Gasteiger partial charge on any atom is 0.268 e. The first-order chi connectivity index (χ1) is 9.02. The summed E-state index contributed by atoms with van der Waals surface area (Å²) in [6, 6.07) is 5.70. The summed E-state index contributed by atoms with van der Waals surface area (Å²) in [6.45, 7) is 2.22. The first kappa shape index (κ1) is 14.3. The molecular formula is C13H12Br2N2O2. The predicted molar refractivity (Wildman–Crippen MR) is 80.7 cm³/mol. The molecule has 0 aliphatic rings. The first-order valence-electron chi connectivity index (χ1n) is 5.57. The Kier molecular flexibility index (Phi) is 4.42. The highest BCUT2D eigenvalue weighted by molar-refractivity contribution is 9.10. The second-order valence-corrected chi connectivity index (χ2v) is 5.77. The van der Waals surface area contributed by atoms with Crippen molar-refractivity contribution in [2.75, 3.05) is 7.11 Å². The molecule has 0 fully saturated rings. The van der Waals surface area contributed by atoms with Crippen molar-refractivity contribution < 1.29 is 4.74 Å². The lowest BCUT2D eigenvalue weighted by atomic mass is 10.2. The van der Waals surface area contributed by atoms with Crippen LogP contribution in [0.5, 0.6) is 5.75 Å². The van der Waals surface area contributed by atoms with Gasteiger partial charge in [-0.2, -0.15) is 0 Å². The maximum atomic E-state index is 12.1. The van der Waals surface area contributed by atoms with Crippen molar-refractivity contribution in [3.63, 3.8) is 0 Å². The fraction of sp³-hybridized carbons (Fsp3) is 0.231. The zero-order valence-electron chi connectivity index (χ0n) is 10.5. The molecular weight excluding hydrogens is 376 g/mol. The summed E-state index contributed by atoms with van der Waals surface area (Å²) in [5.41, 5.74) is 0.816. The fourth-order valence-electron chi connectivity index (χ4n) is 1.78. The molecule has 0 N–H and O–H groups in total. The van der Waals surface area contributed by atoms with Gasteiger partial charge in [-0.05, 0) is 41.1 Å². The van der Waals surface area contributed by atoms with Crippen LogP contribution in [-0.2, 0) is 6.54 Å². The van der Waals surface area contributed by atoms with E-state index in [0.717, 1.165) is 15.8 Å². The van der Waals surface area contributed by atoms with Crippen molar-refractivity contribution in [2.45, 2.75) is 13.5 Å². The van der Waals surface area contributed by atoms with E-state index in [2.05, 4.69) is 36.8 Å². The standard InChI is InChI=1S/C13H12Br2N2O2/c1-8-16-6-11(15)13(18)17(8)7-9-5-10(14)3-4-12(9)19-2/h3-6H,7H2,1-2H3. The molecule has 1 aromatic heterocycles. The molecule has 0 radical (unpaired) electrons. The van der Waals surface area contributed by atoms with Crippen LogP contribution in [0.3, 0.4) is 0 Å². The average molecular weight is 388 g/mol. The molecule has 0 aliphatic heterocycles. The van der Waals surface area contributed by atoms with Gasteiger partial charge in [0, 0.05) is 16.2 Å². The molecule has 0 amide bonds. The van der Waals surface area contributed by atoms with E-state index >= 15 is 0 Å². The van der Waals surface area contributed by atoms with Crippen LogP contribution in [0.15, 0.2) is 38.1 Å². The molecule has 100 valence electrons. The van der Waals surface area contributed by atoms with Gasteiger partial charge in [0.15, 0.2) is 0 Å². The number of aryl methyl sites for hydroxylation is 1. The van der Waals surface area contributed by atoms with Gasteiger partial charge in [-0.25, -0.2) is 4.98 Å². The molecule has 0 unspecified atom stereocenters. The molecule has 19 heavy (non-hydrogen) atoms. The topological polar surface area (TPSA) is 44.1 Å². The van der Waals surface area contributed by atoms with E-state index in [1.165, 1.54) is 6.20 Å². The summed E-state index contributed by atoms with van der Waals surface area (Å²) in [6.07, 6.45) is 1.52. The third kappa shape index (κ3) is 3.06. The highest BCUT2D eigenvalue weighted by Crippen LogP contribution is 2.23. The SMILES string of the molecule is COc1ccc(Br)cc1Cn1c(C)ncc(Br)c1=O. The lowest BCUT2D eigenvalue weighted by Gasteiger charge is -2.13. The van der Waals surface area contributed by atoms with Crippen LogP contribution >= 0.6 is 31.9 Å². The second-order valence-electron chi connectivity index (χ2n) is 4.00. The Morgan fingerprint density at radius 3 is 2.79 bits per heavy atom. The summed E-state index contributed by atoms with van der Waals surface area (Å²) in [5, 5.41) is 0. The summed E-state index contributed by atoms with van der Waals surface area (Å²) < 4.78 is 8.31. The van der Waals surface area contributed by atoms with Crippen LogP contribution in [0.2, 0.25) is 0 Å². The van der Waals surface area contributed by atoms with Crippen LogP contribution in [0, 0.1) is 6.92 Å². The van der Waals surface area contributed by atoms with E-state index in [9.17, 15) is 4.79 Å². The first-order valence-corrected chi connectivity index (χ1v) is 7.16. The van der Waals surface area contributed by atoms with Crippen LogP contribution in [-0.4, -0.2) is 16.7 Å². The van der Waals surface area contributed by atoms with Crippen molar-refractivity contribution >= 4 is 31.9 Å². The summed E-state index contributed by atoms with van der Waals surface area (Å²) in [7, 11) is 1.61. The molecule has 0 saturated heterocycles. The van der Waals surface area contributed by atoms with Crippen molar-refractivity contribution in [1.82, 2.24) is 9.55 Å². The van der Waals surface area contributed by atoms with Gasteiger partial charge in [-0.1, -0.05) is 15.9 Å². The number of benzene rings is 1. The van der Waals surface area contributed by atoms with E-state index in [4.69, 9.17) is 4.74 Å². The van der Waals surface area contributed by atoms with E-state index in [1.54, 1.807) is 18.6 Å². The van der Waals surface area contributed by atoms with Gasteiger partial charge in [0.2, 0.25) is 0 Å². The Labute approximate surface area is 127 Å². The van der Waals surface area contributed by atoms with Gasteiger partial charge in [0.05, 0.1) is 13.7 Å². The van der Waals surface area contributed by atoms with Crippen molar-refractivity contribution in [2.24, 2.45) is 0 Å². The Hall–Kier alpha value is -1.14. The van der Waals surface area contributed by atoms with Gasteiger partial charge < -0.3 is 4.74 Å². The minimum Gasteiger partial charge on any atom is -0.496 e. The summed E-state index contributed by atoms with van der Waals surface area (Å²) >= 11 is 6.63. The zero-order valence-corrected chi connectivity index (χ0v) is 13.7. The number of nitrogens with zero attached hydrogens (tertiary/aromatic N) is 2. The Morgan fingerprint density at radius 2 is 2.11 bits per heavy atom. The zero-order chi connectivity index (χ0) is 14.0. The van der Waals surface area contributed by atoms with E-state index < -0.39 is 0 Å². The number of ether oxygens (including phenoxy) is 1. The largest absolute Gasteiger partial charge is 0.496 e. The van der Waals surface area contributed by atoms with Gasteiger partial charge in [0.1, 0.15) is 16.0 Å². The van der Waals surface area contributed by atoms with Crippen LogP contribution in [0.1, 0.15) is 11.4 Å².